The molecule has 1 aromatic heterocycles. The monoisotopic (exact) mass is 253 g/mol. The van der Waals surface area contributed by atoms with Crippen LogP contribution in [-0.2, 0) is 11.8 Å². The second kappa shape index (κ2) is 4.29. The van der Waals surface area contributed by atoms with Crippen LogP contribution < -0.4 is 0 Å². The van der Waals surface area contributed by atoms with Crippen molar-refractivity contribution in [3.63, 3.8) is 0 Å². The van der Waals surface area contributed by atoms with E-state index in [1.807, 2.05) is 0 Å². The smallest absolute Gasteiger partial charge is 0.0492 e. The highest BCUT2D eigenvalue weighted by Gasteiger charge is 2.03. The lowest BCUT2D eigenvalue weighted by Crippen LogP contribution is -1.91. The third-order valence-corrected chi connectivity index (χ3v) is 2.61. The minimum atomic E-state index is 0.453. The highest BCUT2D eigenvalue weighted by atomic mass is 79.9. The van der Waals surface area contributed by atoms with Gasteiger partial charge in [-0.15, -0.1) is 23.2 Å². The molecule has 0 N–H and O–H groups in total. The van der Waals surface area contributed by atoms with Crippen molar-refractivity contribution < 1.29 is 0 Å². The molecule has 0 saturated heterocycles. The van der Waals surface area contributed by atoms with E-state index in [0.29, 0.717) is 11.8 Å². The summed E-state index contributed by atoms with van der Waals surface area (Å²) in [6.45, 7) is 0. The van der Waals surface area contributed by atoms with Crippen LogP contribution in [0.2, 0.25) is 0 Å². The zero-order chi connectivity index (χ0) is 8.27. The van der Waals surface area contributed by atoms with Gasteiger partial charge in [-0.1, -0.05) is 0 Å². The predicted molar refractivity (Wildman–Crippen MR) is 51.1 cm³/mol. The summed E-state index contributed by atoms with van der Waals surface area (Å²) in [5.41, 5.74) is 2.01. The summed E-state index contributed by atoms with van der Waals surface area (Å²) in [6, 6.07) is 0. The van der Waals surface area contributed by atoms with Gasteiger partial charge < -0.3 is 0 Å². The Morgan fingerprint density at radius 3 is 2.45 bits per heavy atom. The van der Waals surface area contributed by atoms with Gasteiger partial charge in [0.15, 0.2) is 0 Å². The van der Waals surface area contributed by atoms with Gasteiger partial charge in [-0.2, -0.15) is 0 Å². The molecule has 1 rings (SSSR count). The summed E-state index contributed by atoms with van der Waals surface area (Å²) in [6.07, 6.45) is 3.45. The summed E-state index contributed by atoms with van der Waals surface area (Å²) in [5, 5.41) is 0. The van der Waals surface area contributed by atoms with Gasteiger partial charge in [0.25, 0.3) is 0 Å². The topological polar surface area (TPSA) is 12.9 Å². The molecule has 0 amide bonds. The first-order valence-corrected chi connectivity index (χ1v) is 4.89. The number of rotatable bonds is 2. The Morgan fingerprint density at radius 1 is 1.27 bits per heavy atom. The normalized spacial score (nSPS) is 10.1. The molecule has 0 saturated carbocycles. The second-order valence-electron chi connectivity index (χ2n) is 2.03. The number of hydrogen-bond donors (Lipinski definition) is 0. The average molecular weight is 255 g/mol. The average Bonchev–Trinajstić information content (AvgIpc) is 2.04. The Balaban J connectivity index is 3.13. The highest BCUT2D eigenvalue weighted by Crippen LogP contribution is 2.22. The van der Waals surface area contributed by atoms with E-state index < -0.39 is 0 Å². The molecule has 0 bridgehead atoms. The Kier molecular flexibility index (Phi) is 3.63. The Labute approximate surface area is 83.9 Å². The maximum atomic E-state index is 5.70. The van der Waals surface area contributed by atoms with Gasteiger partial charge in [-0.3, -0.25) is 4.98 Å². The molecule has 0 radical (unpaired) electrons. The van der Waals surface area contributed by atoms with E-state index in [9.17, 15) is 0 Å². The molecule has 11 heavy (non-hydrogen) atoms. The zero-order valence-corrected chi connectivity index (χ0v) is 8.75. The van der Waals surface area contributed by atoms with Crippen LogP contribution in [0.5, 0.6) is 0 Å². The molecule has 0 atom stereocenters. The van der Waals surface area contributed by atoms with Crippen LogP contribution in [0.4, 0.5) is 0 Å². The third kappa shape index (κ3) is 2.08. The summed E-state index contributed by atoms with van der Waals surface area (Å²) >= 11 is 14.7. The van der Waals surface area contributed by atoms with E-state index in [0.717, 1.165) is 15.6 Å². The maximum Gasteiger partial charge on any atom is 0.0492 e. The van der Waals surface area contributed by atoms with Gasteiger partial charge in [0.2, 0.25) is 0 Å². The summed E-state index contributed by atoms with van der Waals surface area (Å²) in [4.78, 5) is 3.97. The predicted octanol–water partition coefficient (Wildman–Crippen LogP) is 3.32. The lowest BCUT2D eigenvalue weighted by Gasteiger charge is -2.03. The number of halogens is 3. The van der Waals surface area contributed by atoms with Crippen LogP contribution in [0.15, 0.2) is 16.9 Å². The van der Waals surface area contributed by atoms with Gasteiger partial charge in [0.05, 0.1) is 0 Å². The minimum Gasteiger partial charge on any atom is -0.263 e. The van der Waals surface area contributed by atoms with Crippen molar-refractivity contribution in [3.05, 3.63) is 28.0 Å². The van der Waals surface area contributed by atoms with Crippen molar-refractivity contribution in [1.29, 1.82) is 0 Å². The van der Waals surface area contributed by atoms with E-state index in [1.165, 1.54) is 0 Å². The van der Waals surface area contributed by atoms with Crippen molar-refractivity contribution in [2.75, 3.05) is 0 Å². The third-order valence-electron chi connectivity index (χ3n) is 1.37. The van der Waals surface area contributed by atoms with Crippen molar-refractivity contribution in [2.45, 2.75) is 11.8 Å². The molecule has 0 unspecified atom stereocenters. The van der Waals surface area contributed by atoms with E-state index in [-0.39, 0.29) is 0 Å². The Bertz CT molecular complexity index is 252. The van der Waals surface area contributed by atoms with Crippen LogP contribution in [-0.4, -0.2) is 4.98 Å². The van der Waals surface area contributed by atoms with Crippen LogP contribution >= 0.6 is 39.1 Å². The van der Waals surface area contributed by atoms with Crippen molar-refractivity contribution in [1.82, 2.24) is 4.98 Å². The lowest BCUT2D eigenvalue weighted by molar-refractivity contribution is 1.16. The van der Waals surface area contributed by atoms with E-state index in [4.69, 9.17) is 23.2 Å². The number of pyridine rings is 1. The molecule has 0 fully saturated rings. The molecule has 1 aromatic rings. The molecule has 0 aliphatic heterocycles. The fourth-order valence-electron chi connectivity index (χ4n) is 0.767. The quantitative estimate of drug-likeness (QED) is 0.738. The molecule has 0 aliphatic carbocycles. The van der Waals surface area contributed by atoms with Crippen LogP contribution in [0.25, 0.3) is 0 Å². The van der Waals surface area contributed by atoms with Gasteiger partial charge in [0.1, 0.15) is 0 Å². The molecule has 4 heteroatoms. The minimum absolute atomic E-state index is 0.453. The first-order valence-electron chi connectivity index (χ1n) is 3.02. The van der Waals surface area contributed by atoms with Gasteiger partial charge in [-0.25, -0.2) is 0 Å². The highest BCUT2D eigenvalue weighted by molar-refractivity contribution is 9.10. The molecular weight excluding hydrogens is 249 g/mol. The van der Waals surface area contributed by atoms with Crippen molar-refractivity contribution in [2.24, 2.45) is 0 Å². The number of aromatic nitrogens is 1. The van der Waals surface area contributed by atoms with Crippen molar-refractivity contribution in [3.8, 4) is 0 Å². The Hall–Kier alpha value is 0.210. The van der Waals surface area contributed by atoms with Crippen molar-refractivity contribution >= 4 is 39.1 Å². The van der Waals surface area contributed by atoms with E-state index >= 15 is 0 Å². The van der Waals surface area contributed by atoms with Crippen LogP contribution in [0.1, 0.15) is 11.1 Å². The SMILES string of the molecule is ClCc1cncc(Br)c1CCl. The molecule has 1 heterocycles. The fraction of sp³-hybridized carbons (Fsp3) is 0.286. The standard InChI is InChI=1S/C7H6BrCl2N/c8-7-4-11-3-5(1-9)6(7)2-10/h3-4H,1-2H2. The lowest BCUT2D eigenvalue weighted by atomic mass is 10.2. The summed E-state index contributed by atoms with van der Waals surface area (Å²) < 4.78 is 0.922. The first kappa shape index (κ1) is 9.30. The fourth-order valence-corrected chi connectivity index (χ4v) is 1.99. The largest absolute Gasteiger partial charge is 0.263 e. The summed E-state index contributed by atoms with van der Waals surface area (Å²) in [7, 11) is 0. The van der Waals surface area contributed by atoms with Crippen LogP contribution in [0, 0.1) is 0 Å². The van der Waals surface area contributed by atoms with Gasteiger partial charge in [0, 0.05) is 28.6 Å². The Morgan fingerprint density at radius 2 is 2.00 bits per heavy atom. The number of nitrogens with zero attached hydrogens (tertiary/aromatic N) is 1. The maximum absolute atomic E-state index is 5.70. The molecule has 1 nitrogen and oxygen atoms in total. The molecular formula is C7H6BrCl2N. The van der Waals surface area contributed by atoms with E-state index in [1.54, 1.807) is 12.4 Å². The summed E-state index contributed by atoms with van der Waals surface area (Å²) in [5.74, 6) is 0.916. The van der Waals surface area contributed by atoms with Gasteiger partial charge >= 0.3 is 0 Å². The molecule has 0 aromatic carbocycles. The van der Waals surface area contributed by atoms with Crippen LogP contribution in [0.3, 0.4) is 0 Å². The van der Waals surface area contributed by atoms with Gasteiger partial charge in [-0.05, 0) is 27.1 Å². The molecule has 0 aliphatic rings. The number of alkyl halides is 2. The second-order valence-corrected chi connectivity index (χ2v) is 3.42. The molecule has 60 valence electrons. The zero-order valence-electron chi connectivity index (χ0n) is 5.65. The number of hydrogen-bond acceptors (Lipinski definition) is 1. The molecule has 0 spiro atoms. The first-order chi connectivity index (χ1) is 5.29. The van der Waals surface area contributed by atoms with E-state index in [2.05, 4.69) is 20.9 Å².